The van der Waals surface area contributed by atoms with Gasteiger partial charge < -0.3 is 19.8 Å². The van der Waals surface area contributed by atoms with Crippen molar-refractivity contribution in [1.29, 1.82) is 0 Å². The Hall–Kier alpha value is -13.7. The average molecular weight is 1570 g/mol. The van der Waals surface area contributed by atoms with E-state index in [9.17, 15) is 45.1 Å². The van der Waals surface area contributed by atoms with Crippen molar-refractivity contribution < 1.29 is 45.1 Å². The van der Waals surface area contributed by atoms with E-state index in [1.54, 1.807) is 170 Å². The molecule has 30 heteroatoms. The van der Waals surface area contributed by atoms with E-state index in [-0.39, 0.29) is 45.8 Å². The topological polar surface area (TPSA) is 390 Å². The normalized spacial score (nSPS) is 11.0. The van der Waals surface area contributed by atoms with Crippen molar-refractivity contribution in [3.63, 3.8) is 0 Å². The first-order valence-electron chi connectivity index (χ1n) is 34.3. The lowest BCUT2D eigenvalue weighted by molar-refractivity contribution is -0.120. The van der Waals surface area contributed by atoms with Crippen molar-refractivity contribution in [2.75, 3.05) is 22.5 Å². The largest absolute Gasteiger partial charge is 0.352 e. The summed E-state index contributed by atoms with van der Waals surface area (Å²) in [5.41, 5.74) is 27.0. The Morgan fingerprint density at radius 1 is 0.375 bits per heavy atom. The molecule has 0 aromatic heterocycles. The van der Waals surface area contributed by atoms with Gasteiger partial charge in [0, 0.05) is 71.8 Å². The zero-order chi connectivity index (χ0) is 79.6. The lowest BCUT2D eigenvalue weighted by atomic mass is 10.2. The van der Waals surface area contributed by atoms with E-state index in [4.69, 9.17) is 11.1 Å². The number of aryl methyl sites for hydroxylation is 2. The van der Waals surface area contributed by atoms with Crippen LogP contribution in [0.1, 0.15) is 43.0 Å². The zero-order valence-electron chi connectivity index (χ0n) is 60.3. The zero-order valence-corrected chi connectivity index (χ0v) is 63.7. The molecular weight excluding hydrogens is 1500 g/mol. The van der Waals surface area contributed by atoms with Crippen molar-refractivity contribution in [2.24, 2.45) is 30.9 Å². The number of nitrogens with zero attached hydrogens (tertiary/aromatic N) is 10. The Balaban J connectivity index is 0.000000185. The van der Waals surface area contributed by atoms with Gasteiger partial charge in [-0.1, -0.05) is 287 Å². The summed E-state index contributed by atoms with van der Waals surface area (Å²) in [6, 6.07) is 94.4. The molecule has 6 N–H and O–H groups in total. The molecule has 4 amide bonds. The third-order valence-electron chi connectivity index (χ3n) is 16.2. The van der Waals surface area contributed by atoms with Gasteiger partial charge in [0.1, 0.15) is 13.1 Å². The molecule has 12 rings (SSSR count). The Kier molecular flexibility index (Phi) is 30.2. The van der Waals surface area contributed by atoms with Gasteiger partial charge in [0.2, 0.25) is 11.8 Å². The summed E-state index contributed by atoms with van der Waals surface area (Å²) in [5, 5.41) is 30.5. The minimum Gasteiger partial charge on any atom is -0.352 e. The van der Waals surface area contributed by atoms with Gasteiger partial charge in [0.15, 0.2) is 14.3 Å². The standard InChI is InChI=1S/C32H27N4O4PS.C28H25N4O3P.C13H12N4O2S.C9H10N4O/c1-24-16-22-29(23-17-24)42(39,40)35-26-20-18-25(19-21-26)33-36-34-32(37)30-14-8-9-15-31(30)41(38,27-10-4-2-5-11-27)28-12-6-3-7-13-28;33-27(29-20-22-12-4-1-5-13-22)21-30-32-31-28(34)25-18-10-11-19-26(25)36(35,23-14-6-2-7-15-23)24-16-8-3-9-17-24;1-10-2-8-13(9-3-10)20(18,19)16-12-6-4-11(5-7-12)15-17-14;10-13-12-7-9(14)11-6-8-4-2-1-3-5-8/h2-23,35H,1H3,(H,33,34,37);1-19H,20-21H2,(H,29,33)(H,30,31,34);2-9,16H,1H3;1-5H,6-7H2,(H,11,14). The third-order valence-corrected chi connectivity index (χ3v) is 25.2. The summed E-state index contributed by atoms with van der Waals surface area (Å²) in [6.45, 7) is 4.22. The molecule has 12 aromatic carbocycles. The van der Waals surface area contributed by atoms with Gasteiger partial charge in [-0.3, -0.25) is 28.6 Å². The molecule has 0 heterocycles. The molecule has 0 atom stereocenters. The molecule has 0 unspecified atom stereocenters. The van der Waals surface area contributed by atoms with Crippen LogP contribution in [-0.4, -0.2) is 53.6 Å². The van der Waals surface area contributed by atoms with Gasteiger partial charge >= 0.3 is 0 Å². The molecule has 0 fully saturated rings. The first kappa shape index (κ1) is 82.4. The number of hydrogen-bond acceptors (Lipinski definition) is 16. The van der Waals surface area contributed by atoms with Gasteiger partial charge in [0.05, 0.1) is 26.6 Å². The Bertz CT molecular complexity index is 5580. The maximum absolute atomic E-state index is 14.8. The van der Waals surface area contributed by atoms with Crippen molar-refractivity contribution in [2.45, 2.75) is 36.7 Å². The fourth-order valence-corrected chi connectivity index (χ4v) is 18.4. The lowest BCUT2D eigenvalue weighted by Gasteiger charge is -2.22. The van der Waals surface area contributed by atoms with Crippen molar-refractivity contribution in [3.8, 4) is 0 Å². The summed E-state index contributed by atoms with van der Waals surface area (Å²) < 4.78 is 84.0. The quantitative estimate of drug-likeness (QED) is 0.00978. The van der Waals surface area contributed by atoms with Crippen molar-refractivity contribution >= 4 is 113 Å². The second kappa shape index (κ2) is 41.0. The van der Waals surface area contributed by atoms with Crippen LogP contribution in [0, 0.1) is 13.8 Å². The fraction of sp³-hybridized carbons (Fsp3) is 0.0732. The summed E-state index contributed by atoms with van der Waals surface area (Å²) in [7, 11) is -14.1. The summed E-state index contributed by atoms with van der Waals surface area (Å²) in [4.78, 5) is 54.8. The highest BCUT2D eigenvalue weighted by Gasteiger charge is 2.35. The van der Waals surface area contributed by atoms with Crippen LogP contribution in [0.2, 0.25) is 0 Å². The number of carbonyl (C=O) groups is 4. The lowest BCUT2D eigenvalue weighted by Crippen LogP contribution is -2.31. The molecule has 0 radical (unpaired) electrons. The van der Waals surface area contributed by atoms with E-state index in [2.05, 4.69) is 71.7 Å². The Morgan fingerprint density at radius 2 is 0.705 bits per heavy atom. The van der Waals surface area contributed by atoms with E-state index in [0.29, 0.717) is 67.7 Å². The average Bonchev–Trinajstić information content (AvgIpc) is 0.760. The fourth-order valence-electron chi connectivity index (χ4n) is 10.6. The Morgan fingerprint density at radius 3 is 1.07 bits per heavy atom. The van der Waals surface area contributed by atoms with Gasteiger partial charge in [-0.2, -0.15) is 5.11 Å². The van der Waals surface area contributed by atoms with Gasteiger partial charge in [-0.05, 0) is 109 Å². The number of rotatable bonds is 26. The van der Waals surface area contributed by atoms with Crippen molar-refractivity contribution in [3.05, 3.63) is 382 Å². The van der Waals surface area contributed by atoms with Crippen molar-refractivity contribution in [1.82, 2.24) is 21.5 Å². The highest BCUT2D eigenvalue weighted by molar-refractivity contribution is 7.93. The number of sulfonamides is 2. The molecule has 0 spiro atoms. The number of hydrogen-bond donors (Lipinski definition) is 6. The van der Waals surface area contributed by atoms with Gasteiger partial charge in [-0.25, -0.2) is 27.7 Å². The number of azide groups is 2. The third kappa shape index (κ3) is 23.7. The van der Waals surface area contributed by atoms with Crippen LogP contribution < -0.4 is 62.8 Å². The molecule has 26 nitrogen and oxygen atoms in total. The molecule has 0 aliphatic carbocycles. The SMILES string of the molecule is Cc1ccc(S(=O)(=O)Nc2ccc(N=NNC(=O)c3ccccc3P(=O)(c3ccccc3)c3ccccc3)cc2)cc1.Cc1ccc(S(=O)(=O)Nc2ccc(N=[N+]=[N-])cc2)cc1.O=C(CN=NNC(=O)c1ccccc1P(=O)(c1ccccc1)c1ccccc1)NCc1ccccc1.[N-]=[N+]=NCC(=O)NCc1ccccc1. The van der Waals surface area contributed by atoms with Crippen LogP contribution in [0.25, 0.3) is 20.9 Å². The summed E-state index contributed by atoms with van der Waals surface area (Å²) in [6.07, 6.45) is 0. The smallest absolute Gasteiger partial charge is 0.273 e. The number of nitrogens with one attached hydrogen (secondary N) is 6. The van der Waals surface area contributed by atoms with E-state index >= 15 is 0 Å². The number of benzene rings is 12. The van der Waals surface area contributed by atoms with Crippen LogP contribution in [-0.2, 0) is 51.9 Å². The van der Waals surface area contributed by atoms with Gasteiger partial charge in [0.25, 0.3) is 31.9 Å². The molecule has 0 saturated carbocycles. The number of anilines is 2. The van der Waals surface area contributed by atoms with Crippen LogP contribution in [0.4, 0.5) is 22.7 Å². The minimum atomic E-state index is -3.74. The van der Waals surface area contributed by atoms with E-state index in [1.807, 2.05) is 147 Å². The van der Waals surface area contributed by atoms with E-state index in [0.717, 1.165) is 22.3 Å². The Labute approximate surface area is 647 Å². The highest BCUT2D eigenvalue weighted by atomic mass is 32.2. The number of amides is 4. The molecule has 564 valence electrons. The van der Waals surface area contributed by atoms with E-state index < -0.39 is 46.1 Å². The highest BCUT2D eigenvalue weighted by Crippen LogP contribution is 2.45. The van der Waals surface area contributed by atoms with Gasteiger partial charge in [-0.15, -0.1) is 5.11 Å². The monoisotopic (exact) mass is 1570 g/mol. The van der Waals surface area contributed by atoms with E-state index in [1.165, 1.54) is 24.3 Å². The first-order valence-corrected chi connectivity index (χ1v) is 40.6. The van der Waals surface area contributed by atoms with Crippen LogP contribution in [0.3, 0.4) is 0 Å². The molecule has 0 bridgehead atoms. The summed E-state index contributed by atoms with van der Waals surface area (Å²) in [5.74, 6) is -1.73. The maximum Gasteiger partial charge on any atom is 0.273 e. The molecule has 0 aliphatic rings. The number of carbonyl (C=O) groups excluding carboxylic acids is 4. The van der Waals surface area contributed by atoms with Crippen LogP contribution in [0.15, 0.2) is 368 Å². The second-order valence-corrected chi connectivity index (χ2v) is 32.9. The molecular formula is C82H74N16O10P2S2. The predicted molar refractivity (Wildman–Crippen MR) is 437 cm³/mol. The maximum atomic E-state index is 14.8. The minimum absolute atomic E-state index is 0.149. The molecule has 112 heavy (non-hydrogen) atoms. The first-order chi connectivity index (χ1) is 54.2. The second-order valence-electron chi connectivity index (χ2n) is 24.1. The molecule has 0 saturated heterocycles. The predicted octanol–water partition coefficient (Wildman–Crippen LogP) is 15.0. The summed E-state index contributed by atoms with van der Waals surface area (Å²) >= 11 is 0. The van der Waals surface area contributed by atoms with Crippen LogP contribution >= 0.6 is 14.3 Å². The van der Waals surface area contributed by atoms with Crippen LogP contribution in [0.5, 0.6) is 0 Å². The molecule has 12 aromatic rings. The molecule has 0 aliphatic heterocycles.